The van der Waals surface area contributed by atoms with E-state index in [4.69, 9.17) is 0 Å². The fraction of sp³-hybridized carbons (Fsp3) is 0. The lowest BCUT2D eigenvalue weighted by molar-refractivity contribution is -0.384. The van der Waals surface area contributed by atoms with Crippen LogP contribution in [0.1, 0.15) is 15.9 Å². The molecule has 7 nitrogen and oxygen atoms in total. The Balaban J connectivity index is 1.62. The molecule has 0 atom stereocenters. The first-order valence-corrected chi connectivity index (χ1v) is 8.00. The van der Waals surface area contributed by atoms with E-state index in [9.17, 15) is 20.0 Å². The van der Waals surface area contributed by atoms with Gasteiger partial charge in [-0.2, -0.15) is 5.10 Å². The molecule has 3 aromatic rings. The van der Waals surface area contributed by atoms with Gasteiger partial charge in [0, 0.05) is 17.7 Å². The molecule has 7 heteroatoms. The predicted molar refractivity (Wildman–Crippen MR) is 102 cm³/mol. The number of aromatic hydroxyl groups is 1. The molecular weight excluding hydrogens is 346 g/mol. The number of nitrogens with one attached hydrogen (secondary N) is 1. The number of amides is 1. The van der Waals surface area contributed by atoms with Crippen LogP contribution < -0.4 is 5.43 Å². The van der Waals surface area contributed by atoms with Gasteiger partial charge in [-0.3, -0.25) is 14.9 Å². The van der Waals surface area contributed by atoms with Crippen molar-refractivity contribution in [3.05, 3.63) is 94.0 Å². The molecule has 0 aliphatic carbocycles. The van der Waals surface area contributed by atoms with E-state index in [0.717, 1.165) is 11.1 Å². The Labute approximate surface area is 154 Å². The molecule has 2 N–H and O–H groups in total. The minimum absolute atomic E-state index is 0.00935. The Morgan fingerprint density at radius 2 is 1.48 bits per heavy atom. The van der Waals surface area contributed by atoms with Crippen LogP contribution >= 0.6 is 0 Å². The molecule has 3 aromatic carbocycles. The molecule has 0 saturated carbocycles. The number of nitro groups is 1. The fourth-order valence-corrected chi connectivity index (χ4v) is 2.38. The Hall–Kier alpha value is -4.00. The van der Waals surface area contributed by atoms with E-state index >= 15 is 0 Å². The first kappa shape index (κ1) is 17.8. The van der Waals surface area contributed by atoms with Gasteiger partial charge in [0.25, 0.3) is 11.6 Å². The summed E-state index contributed by atoms with van der Waals surface area (Å²) in [5, 5.41) is 23.8. The lowest BCUT2D eigenvalue weighted by atomic mass is 10.0. The number of nitrogens with zero attached hydrogens (tertiary/aromatic N) is 2. The van der Waals surface area contributed by atoms with Gasteiger partial charge in [-0.25, -0.2) is 5.43 Å². The van der Waals surface area contributed by atoms with Crippen LogP contribution in [0.4, 0.5) is 5.69 Å². The molecule has 134 valence electrons. The summed E-state index contributed by atoms with van der Waals surface area (Å²) >= 11 is 0. The summed E-state index contributed by atoms with van der Waals surface area (Å²) in [5.41, 5.74) is 5.32. The summed E-state index contributed by atoms with van der Waals surface area (Å²) < 4.78 is 0. The minimum Gasteiger partial charge on any atom is -0.508 e. The predicted octanol–water partition coefficient (Wildman–Crippen LogP) is 3.73. The van der Waals surface area contributed by atoms with Gasteiger partial charge in [0.1, 0.15) is 5.75 Å². The fourth-order valence-electron chi connectivity index (χ4n) is 2.38. The Morgan fingerprint density at radius 1 is 0.926 bits per heavy atom. The van der Waals surface area contributed by atoms with Crippen molar-refractivity contribution in [2.75, 3.05) is 0 Å². The van der Waals surface area contributed by atoms with E-state index in [0.29, 0.717) is 11.1 Å². The third-order valence-electron chi connectivity index (χ3n) is 3.83. The zero-order chi connectivity index (χ0) is 19.2. The molecule has 0 spiro atoms. The number of hydrazone groups is 1. The normalized spacial score (nSPS) is 10.7. The van der Waals surface area contributed by atoms with E-state index in [1.807, 2.05) is 0 Å². The summed E-state index contributed by atoms with van der Waals surface area (Å²) in [6.07, 6.45) is 1.41. The van der Waals surface area contributed by atoms with Gasteiger partial charge >= 0.3 is 0 Å². The van der Waals surface area contributed by atoms with Gasteiger partial charge in [-0.05, 0) is 53.1 Å². The van der Waals surface area contributed by atoms with Crippen molar-refractivity contribution in [3.63, 3.8) is 0 Å². The van der Waals surface area contributed by atoms with Gasteiger partial charge in [-0.15, -0.1) is 0 Å². The first-order chi connectivity index (χ1) is 13.0. The Kier molecular flexibility index (Phi) is 5.22. The van der Waals surface area contributed by atoms with E-state index in [1.54, 1.807) is 60.7 Å². The van der Waals surface area contributed by atoms with Gasteiger partial charge < -0.3 is 5.11 Å². The third kappa shape index (κ3) is 4.55. The van der Waals surface area contributed by atoms with E-state index in [1.165, 1.54) is 18.3 Å². The standard InChI is InChI=1S/C20H15N3O4/c24-19-11-7-16(8-12-19)15-3-5-17(6-4-15)20(25)22-21-13-14-1-9-18(10-2-14)23(26)27/h1-13,24H,(H,22,25). The number of benzene rings is 3. The van der Waals surface area contributed by atoms with Crippen molar-refractivity contribution < 1.29 is 14.8 Å². The molecule has 27 heavy (non-hydrogen) atoms. The van der Waals surface area contributed by atoms with Crippen LogP contribution in [0.2, 0.25) is 0 Å². The summed E-state index contributed by atoms with van der Waals surface area (Å²) in [4.78, 5) is 22.2. The smallest absolute Gasteiger partial charge is 0.271 e. The van der Waals surface area contributed by atoms with E-state index in [2.05, 4.69) is 10.5 Å². The molecule has 0 aliphatic rings. The van der Waals surface area contributed by atoms with Crippen LogP contribution in [0.3, 0.4) is 0 Å². The molecule has 3 rings (SSSR count). The molecule has 0 heterocycles. The topological polar surface area (TPSA) is 105 Å². The molecular formula is C20H15N3O4. The summed E-state index contributed by atoms with van der Waals surface area (Å²) in [6, 6.07) is 19.6. The van der Waals surface area contributed by atoms with Crippen molar-refractivity contribution in [2.24, 2.45) is 5.10 Å². The second-order valence-corrected chi connectivity index (χ2v) is 5.67. The molecule has 1 amide bonds. The molecule has 0 unspecified atom stereocenters. The molecule has 0 aromatic heterocycles. The number of nitro benzene ring substituents is 1. The highest BCUT2D eigenvalue weighted by Crippen LogP contribution is 2.22. The number of hydrogen-bond acceptors (Lipinski definition) is 5. The zero-order valence-electron chi connectivity index (χ0n) is 14.1. The molecule has 0 aliphatic heterocycles. The highest BCUT2D eigenvalue weighted by molar-refractivity contribution is 5.95. The second-order valence-electron chi connectivity index (χ2n) is 5.67. The van der Waals surface area contributed by atoms with Crippen molar-refractivity contribution in [3.8, 4) is 16.9 Å². The lowest BCUT2D eigenvalue weighted by Gasteiger charge is -2.04. The van der Waals surface area contributed by atoms with E-state index in [-0.39, 0.29) is 17.3 Å². The molecule has 0 saturated heterocycles. The number of rotatable bonds is 5. The number of carbonyl (C=O) groups excluding carboxylic acids is 1. The average molecular weight is 361 g/mol. The highest BCUT2D eigenvalue weighted by Gasteiger charge is 2.06. The van der Waals surface area contributed by atoms with Gasteiger partial charge in [-0.1, -0.05) is 24.3 Å². The molecule has 0 fully saturated rings. The van der Waals surface area contributed by atoms with E-state index < -0.39 is 4.92 Å². The maximum atomic E-state index is 12.1. The minimum atomic E-state index is -0.482. The van der Waals surface area contributed by atoms with Crippen molar-refractivity contribution in [1.29, 1.82) is 0 Å². The van der Waals surface area contributed by atoms with Crippen molar-refractivity contribution in [2.45, 2.75) is 0 Å². The van der Waals surface area contributed by atoms with Crippen LogP contribution in [-0.2, 0) is 0 Å². The largest absolute Gasteiger partial charge is 0.508 e. The number of hydrogen-bond donors (Lipinski definition) is 2. The average Bonchev–Trinajstić information content (AvgIpc) is 2.69. The van der Waals surface area contributed by atoms with Gasteiger partial charge in [0.15, 0.2) is 0 Å². The summed E-state index contributed by atoms with van der Waals surface area (Å²) in [7, 11) is 0. The molecule has 0 radical (unpaired) electrons. The zero-order valence-corrected chi connectivity index (χ0v) is 14.1. The first-order valence-electron chi connectivity index (χ1n) is 8.00. The maximum Gasteiger partial charge on any atom is 0.271 e. The van der Waals surface area contributed by atoms with Crippen molar-refractivity contribution >= 4 is 17.8 Å². The SMILES string of the molecule is O=C(NN=Cc1ccc([N+](=O)[O-])cc1)c1ccc(-c2ccc(O)cc2)cc1. The Bertz CT molecular complexity index is 979. The third-order valence-corrected chi connectivity index (χ3v) is 3.83. The second kappa shape index (κ2) is 7.92. The highest BCUT2D eigenvalue weighted by atomic mass is 16.6. The van der Waals surface area contributed by atoms with Crippen LogP contribution in [0, 0.1) is 10.1 Å². The number of phenols is 1. The summed E-state index contributed by atoms with van der Waals surface area (Å²) in [6.45, 7) is 0. The van der Waals surface area contributed by atoms with Crippen molar-refractivity contribution in [1.82, 2.24) is 5.43 Å². The van der Waals surface area contributed by atoms with Gasteiger partial charge in [0.2, 0.25) is 0 Å². The number of non-ortho nitro benzene ring substituents is 1. The van der Waals surface area contributed by atoms with Crippen LogP contribution in [-0.4, -0.2) is 22.2 Å². The quantitative estimate of drug-likeness (QED) is 0.410. The number of phenolic OH excluding ortho intramolecular Hbond substituents is 1. The lowest BCUT2D eigenvalue weighted by Crippen LogP contribution is -2.17. The summed E-state index contributed by atoms with van der Waals surface area (Å²) in [5.74, 6) is -0.175. The van der Waals surface area contributed by atoms with Crippen LogP contribution in [0.15, 0.2) is 77.9 Å². The molecule has 0 bridgehead atoms. The van der Waals surface area contributed by atoms with Crippen LogP contribution in [0.25, 0.3) is 11.1 Å². The maximum absolute atomic E-state index is 12.1. The monoisotopic (exact) mass is 361 g/mol. The van der Waals surface area contributed by atoms with Gasteiger partial charge in [0.05, 0.1) is 11.1 Å². The van der Waals surface area contributed by atoms with Crippen LogP contribution in [0.5, 0.6) is 5.75 Å². The Morgan fingerprint density at radius 3 is 2.04 bits per heavy atom. The number of carbonyl (C=O) groups is 1.